The molecule has 2 aromatic rings. The molecule has 0 saturated carbocycles. The van der Waals surface area contributed by atoms with Crippen LogP contribution in [-0.4, -0.2) is 13.1 Å². The summed E-state index contributed by atoms with van der Waals surface area (Å²) in [4.78, 5) is 2.49. The number of benzene rings is 2. The lowest BCUT2D eigenvalue weighted by molar-refractivity contribution is 0.669. The molecule has 0 amide bonds. The standard InChI is InChI=1S/C17H20N2/c1-2-12-19-13-16(14-8-4-3-5-9-14)18-15-10-6-7-11-17(15)19/h3-11,16,18H,2,12-13H2,1H3/t16-/m1/s1. The third-order valence-electron chi connectivity index (χ3n) is 3.67. The fourth-order valence-electron chi connectivity index (χ4n) is 2.78. The molecule has 0 radical (unpaired) electrons. The molecule has 2 nitrogen and oxygen atoms in total. The van der Waals surface area contributed by atoms with Crippen LogP contribution < -0.4 is 10.2 Å². The largest absolute Gasteiger partial charge is 0.375 e. The molecule has 3 rings (SSSR count). The number of para-hydroxylation sites is 2. The van der Waals surface area contributed by atoms with Crippen LogP contribution in [0.4, 0.5) is 11.4 Å². The Balaban J connectivity index is 1.92. The van der Waals surface area contributed by atoms with Crippen LogP contribution in [-0.2, 0) is 0 Å². The summed E-state index contributed by atoms with van der Waals surface area (Å²) < 4.78 is 0. The molecular weight excluding hydrogens is 232 g/mol. The molecule has 0 fully saturated rings. The highest BCUT2D eigenvalue weighted by Gasteiger charge is 2.23. The molecule has 2 aromatic carbocycles. The van der Waals surface area contributed by atoms with Crippen molar-refractivity contribution in [2.24, 2.45) is 0 Å². The molecule has 1 aliphatic heterocycles. The molecule has 0 spiro atoms. The Morgan fingerprint density at radius 3 is 2.58 bits per heavy atom. The van der Waals surface area contributed by atoms with E-state index in [1.54, 1.807) is 0 Å². The third kappa shape index (κ3) is 2.43. The second kappa shape index (κ2) is 5.35. The molecule has 1 N–H and O–H groups in total. The van der Waals surface area contributed by atoms with Crippen molar-refractivity contribution in [2.75, 3.05) is 23.3 Å². The third-order valence-corrected chi connectivity index (χ3v) is 3.67. The maximum Gasteiger partial charge on any atom is 0.0689 e. The molecule has 0 unspecified atom stereocenters. The van der Waals surface area contributed by atoms with E-state index in [1.807, 2.05) is 0 Å². The van der Waals surface area contributed by atoms with Crippen molar-refractivity contribution >= 4 is 11.4 Å². The zero-order chi connectivity index (χ0) is 13.1. The summed E-state index contributed by atoms with van der Waals surface area (Å²) in [6, 6.07) is 19.7. The lowest BCUT2D eigenvalue weighted by Crippen LogP contribution is -2.37. The van der Waals surface area contributed by atoms with E-state index in [4.69, 9.17) is 0 Å². The summed E-state index contributed by atoms with van der Waals surface area (Å²) >= 11 is 0. The molecule has 0 aliphatic carbocycles. The van der Waals surface area contributed by atoms with Crippen LogP contribution in [0.2, 0.25) is 0 Å². The van der Waals surface area contributed by atoms with Gasteiger partial charge in [-0.15, -0.1) is 0 Å². The van der Waals surface area contributed by atoms with Gasteiger partial charge in [0.2, 0.25) is 0 Å². The van der Waals surface area contributed by atoms with Crippen molar-refractivity contribution in [1.29, 1.82) is 0 Å². The van der Waals surface area contributed by atoms with Gasteiger partial charge in [-0.05, 0) is 24.1 Å². The molecule has 1 atom stereocenters. The van der Waals surface area contributed by atoms with Crippen LogP contribution in [0, 0.1) is 0 Å². The molecule has 0 aromatic heterocycles. The highest BCUT2D eigenvalue weighted by molar-refractivity contribution is 5.73. The average Bonchev–Trinajstić information content (AvgIpc) is 2.48. The first-order valence-electron chi connectivity index (χ1n) is 7.04. The quantitative estimate of drug-likeness (QED) is 0.885. The summed E-state index contributed by atoms with van der Waals surface area (Å²) in [6.07, 6.45) is 1.18. The van der Waals surface area contributed by atoms with Gasteiger partial charge in [0, 0.05) is 13.1 Å². The van der Waals surface area contributed by atoms with Crippen LogP contribution in [0.25, 0.3) is 0 Å². The minimum Gasteiger partial charge on any atom is -0.375 e. The lowest BCUT2D eigenvalue weighted by Gasteiger charge is -2.37. The van der Waals surface area contributed by atoms with Crippen molar-refractivity contribution in [3.05, 3.63) is 60.2 Å². The number of hydrogen-bond donors (Lipinski definition) is 1. The molecule has 1 aliphatic rings. The fourth-order valence-corrected chi connectivity index (χ4v) is 2.78. The van der Waals surface area contributed by atoms with Crippen molar-refractivity contribution in [1.82, 2.24) is 0 Å². The molecule has 1 heterocycles. The van der Waals surface area contributed by atoms with Crippen molar-refractivity contribution < 1.29 is 0 Å². The first-order chi connectivity index (χ1) is 9.38. The SMILES string of the molecule is CCCN1C[C@H](c2ccccc2)Nc2ccccc21. The van der Waals surface area contributed by atoms with Gasteiger partial charge in [-0.2, -0.15) is 0 Å². The highest BCUT2D eigenvalue weighted by atomic mass is 15.2. The Labute approximate surface area is 115 Å². The summed E-state index contributed by atoms with van der Waals surface area (Å²) in [5.74, 6) is 0. The Morgan fingerprint density at radius 2 is 1.79 bits per heavy atom. The first-order valence-corrected chi connectivity index (χ1v) is 7.04. The molecule has 0 bridgehead atoms. The molecular formula is C17H20N2. The average molecular weight is 252 g/mol. The smallest absolute Gasteiger partial charge is 0.0689 e. The normalized spacial score (nSPS) is 17.7. The van der Waals surface area contributed by atoms with E-state index < -0.39 is 0 Å². The van der Waals surface area contributed by atoms with E-state index in [0.29, 0.717) is 6.04 Å². The minimum atomic E-state index is 0.377. The van der Waals surface area contributed by atoms with Crippen LogP contribution in [0.15, 0.2) is 54.6 Å². The van der Waals surface area contributed by atoms with Gasteiger partial charge in [0.25, 0.3) is 0 Å². The predicted molar refractivity (Wildman–Crippen MR) is 81.8 cm³/mol. The number of nitrogens with zero attached hydrogens (tertiary/aromatic N) is 1. The second-order valence-corrected chi connectivity index (χ2v) is 5.07. The van der Waals surface area contributed by atoms with E-state index in [0.717, 1.165) is 13.1 Å². The Hall–Kier alpha value is -1.96. The zero-order valence-corrected chi connectivity index (χ0v) is 11.3. The maximum absolute atomic E-state index is 3.66. The van der Waals surface area contributed by atoms with E-state index in [2.05, 4.69) is 71.7 Å². The van der Waals surface area contributed by atoms with Gasteiger partial charge >= 0.3 is 0 Å². The van der Waals surface area contributed by atoms with Gasteiger partial charge in [-0.1, -0.05) is 49.4 Å². The summed E-state index contributed by atoms with van der Waals surface area (Å²) in [6.45, 7) is 4.39. The van der Waals surface area contributed by atoms with Crippen molar-refractivity contribution in [2.45, 2.75) is 19.4 Å². The predicted octanol–water partition coefficient (Wildman–Crippen LogP) is 4.07. The minimum absolute atomic E-state index is 0.377. The van der Waals surface area contributed by atoms with Crippen LogP contribution in [0.1, 0.15) is 24.9 Å². The lowest BCUT2D eigenvalue weighted by atomic mass is 10.0. The van der Waals surface area contributed by atoms with Gasteiger partial charge < -0.3 is 10.2 Å². The topological polar surface area (TPSA) is 15.3 Å². The van der Waals surface area contributed by atoms with Gasteiger partial charge in [0.15, 0.2) is 0 Å². The van der Waals surface area contributed by atoms with Gasteiger partial charge in [-0.3, -0.25) is 0 Å². The second-order valence-electron chi connectivity index (χ2n) is 5.07. The highest BCUT2D eigenvalue weighted by Crippen LogP contribution is 2.35. The molecule has 19 heavy (non-hydrogen) atoms. The summed E-state index contributed by atoms with van der Waals surface area (Å²) in [7, 11) is 0. The van der Waals surface area contributed by atoms with E-state index in [9.17, 15) is 0 Å². The number of rotatable bonds is 3. The zero-order valence-electron chi connectivity index (χ0n) is 11.3. The maximum atomic E-state index is 3.66. The Morgan fingerprint density at radius 1 is 1.05 bits per heavy atom. The van der Waals surface area contributed by atoms with Crippen LogP contribution >= 0.6 is 0 Å². The first kappa shape index (κ1) is 12.1. The molecule has 2 heteroatoms. The number of fused-ring (bicyclic) bond motifs is 1. The van der Waals surface area contributed by atoms with Crippen LogP contribution in [0.3, 0.4) is 0 Å². The Bertz CT molecular complexity index is 536. The number of nitrogens with one attached hydrogen (secondary N) is 1. The van der Waals surface area contributed by atoms with Gasteiger partial charge in [0.05, 0.1) is 17.4 Å². The fraction of sp³-hybridized carbons (Fsp3) is 0.294. The van der Waals surface area contributed by atoms with E-state index >= 15 is 0 Å². The van der Waals surface area contributed by atoms with E-state index in [1.165, 1.54) is 23.4 Å². The molecule has 98 valence electrons. The van der Waals surface area contributed by atoms with Crippen LogP contribution in [0.5, 0.6) is 0 Å². The number of anilines is 2. The van der Waals surface area contributed by atoms with E-state index in [-0.39, 0.29) is 0 Å². The monoisotopic (exact) mass is 252 g/mol. The summed E-state index contributed by atoms with van der Waals surface area (Å²) in [5.41, 5.74) is 3.94. The summed E-state index contributed by atoms with van der Waals surface area (Å²) in [5, 5.41) is 3.66. The molecule has 0 saturated heterocycles. The number of hydrogen-bond acceptors (Lipinski definition) is 2. The van der Waals surface area contributed by atoms with Gasteiger partial charge in [0.1, 0.15) is 0 Å². The van der Waals surface area contributed by atoms with Crippen molar-refractivity contribution in [3.63, 3.8) is 0 Å². The van der Waals surface area contributed by atoms with Gasteiger partial charge in [-0.25, -0.2) is 0 Å². The van der Waals surface area contributed by atoms with Crippen molar-refractivity contribution in [3.8, 4) is 0 Å². The Kier molecular flexibility index (Phi) is 3.41.